The van der Waals surface area contributed by atoms with Crippen LogP contribution in [-0.2, 0) is 6.42 Å². The molecule has 1 aliphatic rings. The predicted octanol–water partition coefficient (Wildman–Crippen LogP) is 4.80. The Bertz CT molecular complexity index is 664. The van der Waals surface area contributed by atoms with Crippen LogP contribution < -0.4 is 5.32 Å². The molecule has 1 heterocycles. The molecule has 2 nitrogen and oxygen atoms in total. The first-order chi connectivity index (χ1) is 9.91. The number of benzene rings is 1. The number of hydrogen-bond acceptors (Lipinski definition) is 1. The lowest BCUT2D eigenvalue weighted by Crippen LogP contribution is -2.33. The van der Waals surface area contributed by atoms with Crippen LogP contribution in [0.5, 0.6) is 0 Å². The molecule has 1 unspecified atom stereocenters. The highest BCUT2D eigenvalue weighted by Crippen LogP contribution is 2.44. The predicted molar refractivity (Wildman–Crippen MR) is 90.9 cm³/mol. The molecule has 2 heteroatoms. The zero-order chi connectivity index (χ0) is 15.2. The van der Waals surface area contributed by atoms with Crippen LogP contribution in [0.1, 0.15) is 62.0 Å². The van der Waals surface area contributed by atoms with Gasteiger partial charge in [-0.25, -0.2) is 0 Å². The summed E-state index contributed by atoms with van der Waals surface area (Å²) in [6.45, 7) is 12.5. The van der Waals surface area contributed by atoms with Crippen molar-refractivity contribution >= 4 is 10.9 Å². The Balaban J connectivity index is 2.17. The molecule has 0 saturated heterocycles. The summed E-state index contributed by atoms with van der Waals surface area (Å²) in [6, 6.07) is 5.09. The van der Waals surface area contributed by atoms with Crippen molar-refractivity contribution in [1.82, 2.24) is 10.3 Å². The normalized spacial score (nSPS) is 20.7. The van der Waals surface area contributed by atoms with E-state index in [4.69, 9.17) is 0 Å². The third kappa shape index (κ3) is 2.62. The second-order valence-corrected chi connectivity index (χ2v) is 7.57. The number of aromatic nitrogens is 1. The van der Waals surface area contributed by atoms with Crippen LogP contribution in [0, 0.1) is 19.3 Å². The van der Waals surface area contributed by atoms with Gasteiger partial charge in [-0.1, -0.05) is 26.8 Å². The highest BCUT2D eigenvalue weighted by Gasteiger charge is 2.34. The molecule has 1 aromatic heterocycles. The van der Waals surface area contributed by atoms with E-state index in [1.807, 2.05) is 0 Å². The van der Waals surface area contributed by atoms with Gasteiger partial charge in [0.05, 0.1) is 0 Å². The minimum atomic E-state index is 0.363. The van der Waals surface area contributed by atoms with Gasteiger partial charge in [0.15, 0.2) is 0 Å². The lowest BCUT2D eigenvalue weighted by Gasteiger charge is -2.36. The molecule has 0 fully saturated rings. The van der Waals surface area contributed by atoms with Crippen molar-refractivity contribution in [2.45, 2.75) is 59.9 Å². The molecule has 21 heavy (non-hydrogen) atoms. The van der Waals surface area contributed by atoms with Crippen molar-refractivity contribution in [2.75, 3.05) is 6.54 Å². The summed E-state index contributed by atoms with van der Waals surface area (Å²) >= 11 is 0. The first kappa shape index (κ1) is 14.6. The summed E-state index contributed by atoms with van der Waals surface area (Å²) in [5.41, 5.74) is 7.42. The molecular weight excluding hydrogens is 256 g/mol. The maximum Gasteiger partial charge on any atom is 0.0464 e. The van der Waals surface area contributed by atoms with Gasteiger partial charge in [0.2, 0.25) is 0 Å². The van der Waals surface area contributed by atoms with Gasteiger partial charge in [-0.2, -0.15) is 0 Å². The van der Waals surface area contributed by atoms with E-state index in [1.165, 1.54) is 46.1 Å². The van der Waals surface area contributed by atoms with Crippen molar-refractivity contribution in [1.29, 1.82) is 0 Å². The van der Waals surface area contributed by atoms with Gasteiger partial charge in [0, 0.05) is 22.6 Å². The van der Waals surface area contributed by atoms with Gasteiger partial charge >= 0.3 is 0 Å². The van der Waals surface area contributed by atoms with E-state index in [1.54, 1.807) is 0 Å². The molecule has 3 rings (SSSR count). The molecule has 1 aliphatic carbocycles. The Morgan fingerprint density at radius 2 is 2.05 bits per heavy atom. The van der Waals surface area contributed by atoms with Crippen molar-refractivity contribution in [3.8, 4) is 0 Å². The topological polar surface area (TPSA) is 27.8 Å². The number of rotatable bonds is 3. The SMILES string of the molecule is CCCNC1CC(C)(C)Cc2[nH]c3cc(C)cc(C)c3c21. The fourth-order valence-corrected chi connectivity index (χ4v) is 4.03. The van der Waals surface area contributed by atoms with Crippen LogP contribution in [0.15, 0.2) is 12.1 Å². The van der Waals surface area contributed by atoms with E-state index in [9.17, 15) is 0 Å². The van der Waals surface area contributed by atoms with Crippen LogP contribution in [0.2, 0.25) is 0 Å². The van der Waals surface area contributed by atoms with E-state index in [0.29, 0.717) is 11.5 Å². The number of fused-ring (bicyclic) bond motifs is 3. The first-order valence-electron chi connectivity index (χ1n) is 8.26. The van der Waals surface area contributed by atoms with Gasteiger partial charge in [0.1, 0.15) is 0 Å². The summed E-state index contributed by atoms with van der Waals surface area (Å²) in [6.07, 6.45) is 3.56. The molecule has 114 valence electrons. The van der Waals surface area contributed by atoms with E-state index < -0.39 is 0 Å². The molecular formula is C19H28N2. The molecule has 1 aromatic carbocycles. The average molecular weight is 284 g/mol. The maximum absolute atomic E-state index is 3.78. The molecule has 0 radical (unpaired) electrons. The Kier molecular flexibility index (Phi) is 3.61. The number of aromatic amines is 1. The molecule has 0 bridgehead atoms. The Morgan fingerprint density at radius 1 is 1.29 bits per heavy atom. The molecule has 0 aliphatic heterocycles. The fraction of sp³-hybridized carbons (Fsp3) is 0.579. The van der Waals surface area contributed by atoms with Gasteiger partial charge < -0.3 is 10.3 Å². The highest BCUT2D eigenvalue weighted by atomic mass is 14.9. The number of hydrogen-bond donors (Lipinski definition) is 2. The van der Waals surface area contributed by atoms with Crippen molar-refractivity contribution in [3.05, 3.63) is 34.5 Å². The van der Waals surface area contributed by atoms with Crippen LogP contribution in [0.3, 0.4) is 0 Å². The number of aryl methyl sites for hydroxylation is 2. The molecule has 1 atom stereocenters. The van der Waals surface area contributed by atoms with Gasteiger partial charge in [0.25, 0.3) is 0 Å². The molecule has 0 spiro atoms. The quantitative estimate of drug-likeness (QED) is 0.832. The van der Waals surface area contributed by atoms with Crippen molar-refractivity contribution in [3.63, 3.8) is 0 Å². The van der Waals surface area contributed by atoms with Gasteiger partial charge in [-0.05, 0) is 67.8 Å². The first-order valence-corrected chi connectivity index (χ1v) is 8.26. The third-order valence-electron chi connectivity index (χ3n) is 4.76. The van der Waals surface area contributed by atoms with Crippen LogP contribution >= 0.6 is 0 Å². The zero-order valence-electron chi connectivity index (χ0n) is 14.1. The monoisotopic (exact) mass is 284 g/mol. The second kappa shape index (κ2) is 5.17. The fourth-order valence-electron chi connectivity index (χ4n) is 4.03. The zero-order valence-corrected chi connectivity index (χ0v) is 14.1. The van der Waals surface area contributed by atoms with Crippen LogP contribution in [-0.4, -0.2) is 11.5 Å². The average Bonchev–Trinajstić information content (AvgIpc) is 2.72. The summed E-state index contributed by atoms with van der Waals surface area (Å²) in [7, 11) is 0. The van der Waals surface area contributed by atoms with E-state index in [0.717, 1.165) is 13.0 Å². The Labute approximate surface area is 128 Å². The Hall–Kier alpha value is -1.28. The van der Waals surface area contributed by atoms with Crippen molar-refractivity contribution < 1.29 is 0 Å². The summed E-state index contributed by atoms with van der Waals surface area (Å²) < 4.78 is 0. The van der Waals surface area contributed by atoms with Gasteiger partial charge in [-0.3, -0.25) is 0 Å². The summed E-state index contributed by atoms with van der Waals surface area (Å²) in [5, 5.41) is 5.24. The highest BCUT2D eigenvalue weighted by molar-refractivity contribution is 5.89. The lowest BCUT2D eigenvalue weighted by atomic mass is 9.73. The van der Waals surface area contributed by atoms with Crippen LogP contribution in [0.25, 0.3) is 10.9 Å². The van der Waals surface area contributed by atoms with Gasteiger partial charge in [-0.15, -0.1) is 0 Å². The van der Waals surface area contributed by atoms with Crippen LogP contribution in [0.4, 0.5) is 0 Å². The smallest absolute Gasteiger partial charge is 0.0464 e. The number of H-pyrrole nitrogens is 1. The minimum absolute atomic E-state index is 0.363. The summed E-state index contributed by atoms with van der Waals surface area (Å²) in [5.74, 6) is 0. The standard InChI is InChI=1S/C19H28N2/c1-6-7-20-15-10-19(4,5)11-16-18(15)17-13(3)8-12(2)9-14(17)21-16/h8-9,15,20-21H,6-7,10-11H2,1-5H3. The number of nitrogens with one attached hydrogen (secondary N) is 2. The lowest BCUT2D eigenvalue weighted by molar-refractivity contribution is 0.257. The molecule has 0 amide bonds. The minimum Gasteiger partial charge on any atom is -0.358 e. The molecule has 2 N–H and O–H groups in total. The molecule has 0 saturated carbocycles. The van der Waals surface area contributed by atoms with E-state index >= 15 is 0 Å². The van der Waals surface area contributed by atoms with Crippen molar-refractivity contribution in [2.24, 2.45) is 5.41 Å². The third-order valence-corrected chi connectivity index (χ3v) is 4.76. The second-order valence-electron chi connectivity index (χ2n) is 7.57. The van der Waals surface area contributed by atoms with E-state index in [2.05, 4.69) is 57.1 Å². The largest absolute Gasteiger partial charge is 0.358 e. The Morgan fingerprint density at radius 3 is 2.76 bits per heavy atom. The summed E-state index contributed by atoms with van der Waals surface area (Å²) in [4.78, 5) is 3.72. The maximum atomic E-state index is 3.78. The molecule has 2 aromatic rings. The van der Waals surface area contributed by atoms with E-state index in [-0.39, 0.29) is 0 Å².